The van der Waals surface area contributed by atoms with Crippen LogP contribution < -0.4 is 5.32 Å². The van der Waals surface area contributed by atoms with Crippen LogP contribution in [-0.2, 0) is 9.22 Å². The van der Waals surface area contributed by atoms with Crippen LogP contribution in [0.1, 0.15) is 26.3 Å². The van der Waals surface area contributed by atoms with Crippen molar-refractivity contribution in [2.24, 2.45) is 0 Å². The summed E-state index contributed by atoms with van der Waals surface area (Å²) in [4.78, 5) is 11.4. The Morgan fingerprint density at radius 2 is 1.96 bits per heavy atom. The van der Waals surface area contributed by atoms with Gasteiger partial charge in [0.05, 0.1) is 18.8 Å². The first-order valence-corrected chi connectivity index (χ1v) is 11.4. The van der Waals surface area contributed by atoms with Crippen molar-refractivity contribution in [3.8, 4) is 0 Å². The zero-order valence-corrected chi connectivity index (χ0v) is 16.2. The van der Waals surface area contributed by atoms with Crippen LogP contribution in [0.3, 0.4) is 0 Å². The van der Waals surface area contributed by atoms with Crippen LogP contribution in [0.2, 0.25) is 18.1 Å². The molecule has 0 unspecified atom stereocenters. The molecule has 1 aromatic carbocycles. The van der Waals surface area contributed by atoms with E-state index in [-0.39, 0.29) is 17.1 Å². The number of nitrogens with one attached hydrogen (secondary N) is 1. The van der Waals surface area contributed by atoms with Crippen LogP contribution in [0, 0.1) is 0 Å². The van der Waals surface area contributed by atoms with E-state index in [1.54, 1.807) is 6.08 Å². The molecule has 1 aliphatic rings. The van der Waals surface area contributed by atoms with Crippen molar-refractivity contribution >= 4 is 20.7 Å². The van der Waals surface area contributed by atoms with Crippen molar-refractivity contribution in [2.75, 3.05) is 6.61 Å². The molecular weight excluding hydrogens is 318 g/mol. The summed E-state index contributed by atoms with van der Waals surface area (Å²) in [5.41, 5.74) is 1.31. The topological polar surface area (TPSA) is 68.5 Å². The van der Waals surface area contributed by atoms with E-state index in [0.29, 0.717) is 12.2 Å². The second-order valence-corrected chi connectivity index (χ2v) is 12.8. The molecule has 24 heavy (non-hydrogen) atoms. The number of carbonyl (C=O) groups is 1. The molecule has 0 aromatic heterocycles. The van der Waals surface area contributed by atoms with Crippen molar-refractivity contribution in [3.05, 3.63) is 41.5 Å². The molecule has 1 heterocycles. The molecule has 2 N–H and O–H groups in total. The molecule has 2 rings (SSSR count). The van der Waals surface area contributed by atoms with Crippen molar-refractivity contribution in [1.82, 2.24) is 5.32 Å². The molecule has 3 atom stereocenters. The monoisotopic (exact) mass is 347 g/mol. The lowest BCUT2D eigenvalue weighted by atomic mass is 10.0. The van der Waals surface area contributed by atoms with Gasteiger partial charge in [0.1, 0.15) is 6.29 Å². The fourth-order valence-corrected chi connectivity index (χ4v) is 3.34. The summed E-state index contributed by atoms with van der Waals surface area (Å²) in [7, 11) is -1.79. The Bertz CT molecular complexity index is 592. The van der Waals surface area contributed by atoms with Crippen LogP contribution in [0.15, 0.2) is 35.9 Å². The smallest absolute Gasteiger partial charge is 0.192 e. The molecule has 0 spiro atoms. The van der Waals surface area contributed by atoms with Gasteiger partial charge in [0.15, 0.2) is 8.32 Å². The number of carbonyl (C=O) groups excluding carboxylic acids is 1. The number of aliphatic hydroxyl groups is 1. The number of hydrogen-bond donors (Lipinski definition) is 2. The zero-order chi connectivity index (χ0) is 18.0. The van der Waals surface area contributed by atoms with Gasteiger partial charge in [-0.2, -0.15) is 0 Å². The quantitative estimate of drug-likeness (QED) is 0.344. The fourth-order valence-electron chi connectivity index (χ4n) is 2.31. The Morgan fingerprint density at radius 1 is 1.33 bits per heavy atom. The Morgan fingerprint density at radius 3 is 2.50 bits per heavy atom. The standard InChI is InChI=1S/C19H29NO3Si/c1-19(2,3)24(4,5)23-13-16-17(20-16)18(22)15(12-21)11-14-9-7-6-8-10-14/h6-12,16-18,20,22H,13H2,1-5H3/b15-11-/t16-,17+,18+/m1/s1. The van der Waals surface area contributed by atoms with E-state index >= 15 is 0 Å². The van der Waals surface area contributed by atoms with Gasteiger partial charge in [0.25, 0.3) is 0 Å². The SMILES string of the molecule is CC(C)(C)[Si](C)(C)OC[C@H]1N[C@@H]1[C@@H](O)/C(C=O)=C\c1ccccc1. The predicted octanol–water partition coefficient (Wildman–Crippen LogP) is 2.99. The normalized spacial score (nSPS) is 23.0. The second kappa shape index (κ2) is 7.31. The van der Waals surface area contributed by atoms with Gasteiger partial charge in [0.2, 0.25) is 0 Å². The van der Waals surface area contributed by atoms with Crippen molar-refractivity contribution in [1.29, 1.82) is 0 Å². The summed E-state index contributed by atoms with van der Waals surface area (Å²) in [6.07, 6.45) is 1.67. The van der Waals surface area contributed by atoms with E-state index in [1.165, 1.54) is 0 Å². The maximum absolute atomic E-state index is 11.4. The highest BCUT2D eigenvalue weighted by Gasteiger charge is 2.45. The van der Waals surface area contributed by atoms with E-state index in [1.807, 2.05) is 30.3 Å². The van der Waals surface area contributed by atoms with Crippen molar-refractivity contribution in [2.45, 2.75) is 57.1 Å². The lowest BCUT2D eigenvalue weighted by Crippen LogP contribution is -2.42. The summed E-state index contributed by atoms with van der Waals surface area (Å²) in [5.74, 6) is 0. The van der Waals surface area contributed by atoms with Gasteiger partial charge in [-0.05, 0) is 29.8 Å². The summed E-state index contributed by atoms with van der Waals surface area (Å²) in [5, 5.41) is 13.9. The van der Waals surface area contributed by atoms with E-state index in [2.05, 4.69) is 39.2 Å². The first-order chi connectivity index (χ1) is 11.2. The first kappa shape index (κ1) is 19.1. The first-order valence-electron chi connectivity index (χ1n) is 8.45. The number of aliphatic hydroxyl groups excluding tert-OH is 1. The fraction of sp³-hybridized carbons (Fsp3) is 0.526. The highest BCUT2D eigenvalue weighted by atomic mass is 28.4. The summed E-state index contributed by atoms with van der Waals surface area (Å²) >= 11 is 0. The lowest BCUT2D eigenvalue weighted by molar-refractivity contribution is -0.105. The molecule has 1 saturated heterocycles. The highest BCUT2D eigenvalue weighted by Crippen LogP contribution is 2.37. The van der Waals surface area contributed by atoms with Crippen LogP contribution in [0.5, 0.6) is 0 Å². The molecule has 1 aromatic rings. The third kappa shape index (κ3) is 4.63. The van der Waals surface area contributed by atoms with Gasteiger partial charge in [-0.3, -0.25) is 4.79 Å². The minimum Gasteiger partial charge on any atom is -0.415 e. The largest absolute Gasteiger partial charge is 0.415 e. The highest BCUT2D eigenvalue weighted by molar-refractivity contribution is 6.74. The van der Waals surface area contributed by atoms with Crippen molar-refractivity contribution in [3.63, 3.8) is 0 Å². The second-order valence-electron chi connectivity index (χ2n) is 7.99. The molecule has 132 valence electrons. The van der Waals surface area contributed by atoms with E-state index in [4.69, 9.17) is 4.43 Å². The maximum atomic E-state index is 11.4. The average Bonchev–Trinajstić information content (AvgIpc) is 3.29. The molecule has 1 aliphatic heterocycles. The number of aldehydes is 1. The van der Waals surface area contributed by atoms with Gasteiger partial charge in [-0.25, -0.2) is 0 Å². The van der Waals surface area contributed by atoms with E-state index in [0.717, 1.165) is 11.8 Å². The zero-order valence-electron chi connectivity index (χ0n) is 15.2. The molecule has 0 aliphatic carbocycles. The maximum Gasteiger partial charge on any atom is 0.192 e. The van der Waals surface area contributed by atoms with Gasteiger partial charge in [-0.1, -0.05) is 51.1 Å². The molecule has 5 heteroatoms. The number of benzene rings is 1. The predicted molar refractivity (Wildman–Crippen MR) is 100 cm³/mol. The third-order valence-corrected chi connectivity index (χ3v) is 9.61. The summed E-state index contributed by atoms with van der Waals surface area (Å²) in [6, 6.07) is 9.55. The minimum atomic E-state index is -1.79. The molecule has 1 fully saturated rings. The Hall–Kier alpha value is -1.27. The van der Waals surface area contributed by atoms with Gasteiger partial charge in [-0.15, -0.1) is 0 Å². The average molecular weight is 348 g/mol. The summed E-state index contributed by atoms with van der Waals surface area (Å²) < 4.78 is 6.19. The van der Waals surface area contributed by atoms with Gasteiger partial charge in [0, 0.05) is 11.6 Å². The van der Waals surface area contributed by atoms with Gasteiger partial charge >= 0.3 is 0 Å². The van der Waals surface area contributed by atoms with Crippen LogP contribution in [0.25, 0.3) is 6.08 Å². The van der Waals surface area contributed by atoms with Crippen molar-refractivity contribution < 1.29 is 14.3 Å². The third-order valence-electron chi connectivity index (χ3n) is 5.11. The van der Waals surface area contributed by atoms with Crippen LogP contribution in [-0.4, -0.2) is 44.5 Å². The molecule has 0 bridgehead atoms. The van der Waals surface area contributed by atoms with E-state index < -0.39 is 14.4 Å². The number of rotatable bonds is 7. The molecular formula is C19H29NO3Si. The minimum absolute atomic E-state index is 0.105. The number of hydrogen-bond acceptors (Lipinski definition) is 4. The molecule has 0 amide bonds. The Balaban J connectivity index is 1.94. The molecule has 0 saturated carbocycles. The van der Waals surface area contributed by atoms with Gasteiger partial charge < -0.3 is 14.8 Å². The van der Waals surface area contributed by atoms with Crippen LogP contribution >= 0.6 is 0 Å². The van der Waals surface area contributed by atoms with E-state index in [9.17, 15) is 9.90 Å². The Kier molecular flexibility index (Phi) is 5.81. The molecule has 4 nitrogen and oxygen atoms in total. The van der Waals surface area contributed by atoms with Crippen LogP contribution in [0.4, 0.5) is 0 Å². The Labute approximate surface area is 146 Å². The summed E-state index contributed by atoms with van der Waals surface area (Å²) in [6.45, 7) is 11.6. The lowest BCUT2D eigenvalue weighted by Gasteiger charge is -2.36. The molecule has 0 radical (unpaired) electrons.